The number of nitrogen functional groups attached to an aromatic ring is 1. The third-order valence-electron chi connectivity index (χ3n) is 8.24. The molecule has 4 heterocycles. The van der Waals surface area contributed by atoms with Gasteiger partial charge in [-0.15, -0.1) is 0 Å². The zero-order valence-electron chi connectivity index (χ0n) is 24.7. The van der Waals surface area contributed by atoms with E-state index in [0.29, 0.717) is 23.1 Å². The molecule has 3 aromatic heterocycles. The minimum absolute atomic E-state index is 0.253. The van der Waals surface area contributed by atoms with Crippen LogP contribution in [0.15, 0.2) is 55.0 Å². The van der Waals surface area contributed by atoms with Crippen LogP contribution in [0.4, 0.5) is 5.82 Å². The Balaban J connectivity index is 0.00000165. The maximum atomic E-state index is 8.89. The van der Waals surface area contributed by atoms with Crippen LogP contribution in [0, 0.1) is 19.3 Å². The first-order valence-corrected chi connectivity index (χ1v) is 14.9. The van der Waals surface area contributed by atoms with Crippen LogP contribution in [-0.4, -0.2) is 49.7 Å². The molecule has 1 saturated heterocycles. The van der Waals surface area contributed by atoms with Gasteiger partial charge in [-0.2, -0.15) is 0 Å². The van der Waals surface area contributed by atoms with Gasteiger partial charge in [-0.05, 0) is 100 Å². The fourth-order valence-electron chi connectivity index (χ4n) is 6.08. The Kier molecular flexibility index (Phi) is 8.84. The number of aromatic nitrogens is 4. The molecule has 1 aliphatic carbocycles. The van der Waals surface area contributed by atoms with Gasteiger partial charge in [0.1, 0.15) is 5.82 Å². The third kappa shape index (κ3) is 6.20. The Hall–Kier alpha value is -3.97. The highest BCUT2D eigenvalue weighted by molar-refractivity contribution is 6.12. The Morgan fingerprint density at radius 2 is 1.54 bits per heavy atom. The van der Waals surface area contributed by atoms with Gasteiger partial charge in [-0.3, -0.25) is 20.4 Å². The van der Waals surface area contributed by atoms with Crippen molar-refractivity contribution < 1.29 is 0 Å². The van der Waals surface area contributed by atoms with E-state index in [0.717, 1.165) is 46.6 Å². The summed E-state index contributed by atoms with van der Waals surface area (Å²) in [5.74, 6) is 0.332. The lowest BCUT2D eigenvalue weighted by molar-refractivity contribution is 0.222. The number of nitrogens with one attached hydrogen (secondary N) is 1. The maximum absolute atomic E-state index is 8.89. The van der Waals surface area contributed by atoms with Gasteiger partial charge in [0.05, 0.1) is 28.5 Å². The fourth-order valence-corrected chi connectivity index (χ4v) is 6.08. The number of fused-ring (bicyclic) bond motifs is 1. The third-order valence-corrected chi connectivity index (χ3v) is 8.24. The van der Waals surface area contributed by atoms with Crippen molar-refractivity contribution in [3.05, 3.63) is 88.8 Å². The van der Waals surface area contributed by atoms with Crippen LogP contribution < -0.4 is 5.73 Å². The maximum Gasteiger partial charge on any atom is 0.132 e. The van der Waals surface area contributed by atoms with Gasteiger partial charge in [-0.1, -0.05) is 32.0 Å². The molecule has 0 bridgehead atoms. The molecule has 6 rings (SSSR count). The summed E-state index contributed by atoms with van der Waals surface area (Å²) in [6.07, 6.45) is 12.7. The lowest BCUT2D eigenvalue weighted by Crippen LogP contribution is -2.32. The highest BCUT2D eigenvalue weighted by Crippen LogP contribution is 2.31. The van der Waals surface area contributed by atoms with E-state index < -0.39 is 0 Å². The first-order chi connectivity index (χ1) is 20.0. The van der Waals surface area contributed by atoms with Gasteiger partial charge < -0.3 is 10.6 Å². The van der Waals surface area contributed by atoms with Crippen LogP contribution in [0.5, 0.6) is 0 Å². The Bertz CT molecular complexity index is 1520. The predicted octanol–water partition coefficient (Wildman–Crippen LogP) is 6.59. The first-order valence-electron chi connectivity index (χ1n) is 14.9. The van der Waals surface area contributed by atoms with Crippen LogP contribution >= 0.6 is 0 Å². The van der Waals surface area contributed by atoms with E-state index in [9.17, 15) is 0 Å². The molecule has 1 aliphatic heterocycles. The molecule has 1 fully saturated rings. The van der Waals surface area contributed by atoms with E-state index in [1.165, 1.54) is 49.9 Å². The average molecular weight is 548 g/mol. The van der Waals surface area contributed by atoms with E-state index in [1.54, 1.807) is 12.4 Å². The van der Waals surface area contributed by atoms with Crippen LogP contribution in [0.25, 0.3) is 22.4 Å². The Morgan fingerprint density at radius 1 is 0.829 bits per heavy atom. The minimum Gasteiger partial charge on any atom is -0.383 e. The number of rotatable bonds is 5. The molecule has 2 aliphatic rings. The van der Waals surface area contributed by atoms with Crippen molar-refractivity contribution >= 4 is 11.5 Å². The van der Waals surface area contributed by atoms with Crippen molar-refractivity contribution in [2.45, 2.75) is 72.3 Å². The molecular weight excluding hydrogens is 506 g/mol. The van der Waals surface area contributed by atoms with Crippen LogP contribution in [0.1, 0.15) is 73.3 Å². The molecule has 1 unspecified atom stereocenters. The number of hydrogen-bond acceptors (Lipinski definition) is 7. The second-order valence-electron chi connectivity index (χ2n) is 10.9. The molecule has 3 N–H and O–H groups in total. The van der Waals surface area contributed by atoms with E-state index in [2.05, 4.69) is 43.0 Å². The second kappa shape index (κ2) is 12.7. The summed E-state index contributed by atoms with van der Waals surface area (Å²) in [4.78, 5) is 20.7. The molecule has 7 nitrogen and oxygen atoms in total. The number of benzene rings is 1. The van der Waals surface area contributed by atoms with Gasteiger partial charge in [0.15, 0.2) is 0 Å². The van der Waals surface area contributed by atoms with E-state index in [1.807, 2.05) is 52.1 Å². The van der Waals surface area contributed by atoms with E-state index in [4.69, 9.17) is 11.1 Å². The Labute approximate surface area is 243 Å². The summed E-state index contributed by atoms with van der Waals surface area (Å²) in [7, 11) is 0. The number of aryl methyl sites for hydroxylation is 4. The standard InChI is InChI=1S/C32H35N7.C2H6/c1-20-17-36-31(21(2)38-20)25-9-12-29(35-18-25)30(33)28-16-26(19-37-32(28)34)24-6-5-22-7-10-27(11-8-23(22)15-24)39-13-3-4-14-39;1-2/h5-6,9,12,15-19,27,33H,3-4,7-8,10-11,13-14H2,1-2H3,(H2,34,37);1-2H3. The predicted molar refractivity (Wildman–Crippen MR) is 167 cm³/mol. The van der Waals surface area contributed by atoms with Crippen molar-refractivity contribution in [3.8, 4) is 22.4 Å². The molecule has 4 aromatic rings. The average Bonchev–Trinajstić information content (AvgIpc) is 3.45. The van der Waals surface area contributed by atoms with E-state index in [-0.39, 0.29) is 5.71 Å². The van der Waals surface area contributed by atoms with Gasteiger partial charge >= 0.3 is 0 Å². The molecule has 0 amide bonds. The number of likely N-dealkylation sites (tertiary alicyclic amines) is 1. The SMILES string of the molecule is CC.Cc1cnc(-c2ccc(C(=N)c3cc(-c4ccc5c(c4)CCC(N4CCCC4)CC5)cnc3N)nc2)c(C)n1. The van der Waals surface area contributed by atoms with Crippen LogP contribution in [0.3, 0.4) is 0 Å². The number of hydrogen-bond donors (Lipinski definition) is 2. The smallest absolute Gasteiger partial charge is 0.132 e. The molecule has 1 aromatic carbocycles. The highest BCUT2D eigenvalue weighted by Gasteiger charge is 2.24. The lowest BCUT2D eigenvalue weighted by Gasteiger charge is -2.26. The minimum atomic E-state index is 0.253. The molecule has 41 heavy (non-hydrogen) atoms. The number of nitrogens with zero attached hydrogens (tertiary/aromatic N) is 5. The van der Waals surface area contributed by atoms with Crippen molar-refractivity contribution in [1.82, 2.24) is 24.8 Å². The summed E-state index contributed by atoms with van der Waals surface area (Å²) in [6, 6.07) is 13.2. The normalized spacial score (nSPS) is 16.8. The summed E-state index contributed by atoms with van der Waals surface area (Å²) in [5.41, 5.74) is 16.0. The summed E-state index contributed by atoms with van der Waals surface area (Å²) < 4.78 is 0. The lowest BCUT2D eigenvalue weighted by atomic mass is 9.96. The summed E-state index contributed by atoms with van der Waals surface area (Å²) >= 11 is 0. The quantitative estimate of drug-likeness (QED) is 0.216. The van der Waals surface area contributed by atoms with Gasteiger partial charge in [0.25, 0.3) is 0 Å². The summed E-state index contributed by atoms with van der Waals surface area (Å²) in [5, 5.41) is 8.89. The number of nitrogens with two attached hydrogens (primary N) is 1. The first kappa shape index (κ1) is 28.6. The molecule has 1 atom stereocenters. The zero-order valence-corrected chi connectivity index (χ0v) is 24.7. The second-order valence-corrected chi connectivity index (χ2v) is 10.9. The molecule has 212 valence electrons. The van der Waals surface area contributed by atoms with Crippen LogP contribution in [-0.2, 0) is 12.8 Å². The van der Waals surface area contributed by atoms with Crippen molar-refractivity contribution in [3.63, 3.8) is 0 Å². The number of anilines is 1. The molecule has 0 saturated carbocycles. The van der Waals surface area contributed by atoms with Crippen molar-refractivity contribution in [2.24, 2.45) is 0 Å². The summed E-state index contributed by atoms with van der Waals surface area (Å²) in [6.45, 7) is 10.4. The highest BCUT2D eigenvalue weighted by atomic mass is 15.2. The molecular formula is C34H41N7. The molecule has 0 spiro atoms. The largest absolute Gasteiger partial charge is 0.383 e. The van der Waals surface area contributed by atoms with Gasteiger partial charge in [0, 0.05) is 41.3 Å². The monoisotopic (exact) mass is 547 g/mol. The Morgan fingerprint density at radius 3 is 2.24 bits per heavy atom. The van der Waals surface area contributed by atoms with E-state index >= 15 is 0 Å². The molecule has 7 heteroatoms. The van der Waals surface area contributed by atoms with Crippen molar-refractivity contribution in [2.75, 3.05) is 18.8 Å². The number of pyridine rings is 2. The topological polar surface area (TPSA) is 105 Å². The van der Waals surface area contributed by atoms with Gasteiger partial charge in [0.2, 0.25) is 0 Å². The van der Waals surface area contributed by atoms with Crippen LogP contribution in [0.2, 0.25) is 0 Å². The molecule has 0 radical (unpaired) electrons. The fraction of sp³-hybridized carbons (Fsp3) is 0.382. The van der Waals surface area contributed by atoms with Gasteiger partial charge in [-0.25, -0.2) is 4.98 Å². The van der Waals surface area contributed by atoms with Crippen molar-refractivity contribution in [1.29, 1.82) is 5.41 Å². The zero-order chi connectivity index (χ0) is 28.9.